The van der Waals surface area contributed by atoms with Crippen LogP contribution in [0.25, 0.3) is 0 Å². The Bertz CT molecular complexity index is 379. The van der Waals surface area contributed by atoms with Gasteiger partial charge in [0.05, 0.1) is 5.84 Å². The van der Waals surface area contributed by atoms with Gasteiger partial charge in [-0.15, -0.1) is 0 Å². The lowest BCUT2D eigenvalue weighted by molar-refractivity contribution is 0.254. The first-order valence-electron chi connectivity index (χ1n) is 5.80. The van der Waals surface area contributed by atoms with Gasteiger partial charge in [-0.3, -0.25) is 10.3 Å². The fraction of sp³-hybridized carbons (Fsp3) is 0.462. The van der Waals surface area contributed by atoms with Crippen molar-refractivity contribution in [2.24, 2.45) is 5.73 Å². The minimum absolute atomic E-state index is 0.0307. The molecular weight excluding hydrogens is 217 g/mol. The summed E-state index contributed by atoms with van der Waals surface area (Å²) >= 11 is 0. The van der Waals surface area contributed by atoms with Gasteiger partial charge in [0.15, 0.2) is 0 Å². The quantitative estimate of drug-likeness (QED) is 0.590. The third-order valence-electron chi connectivity index (χ3n) is 2.97. The van der Waals surface area contributed by atoms with Crippen molar-refractivity contribution in [1.29, 1.82) is 5.41 Å². The predicted octanol–water partition coefficient (Wildman–Crippen LogP) is 2.53. The Kier molecular flexibility index (Phi) is 5.10. The average molecular weight is 237 g/mol. The fourth-order valence-corrected chi connectivity index (χ4v) is 1.76. The minimum atomic E-state index is -0.168. The molecule has 17 heavy (non-hydrogen) atoms. The van der Waals surface area contributed by atoms with Crippen molar-refractivity contribution in [2.45, 2.75) is 25.8 Å². The van der Waals surface area contributed by atoms with E-state index in [9.17, 15) is 4.39 Å². The summed E-state index contributed by atoms with van der Waals surface area (Å²) in [7, 11) is 1.96. The van der Waals surface area contributed by atoms with Gasteiger partial charge in [0, 0.05) is 18.0 Å². The van der Waals surface area contributed by atoms with E-state index < -0.39 is 0 Å². The minimum Gasteiger partial charge on any atom is -0.388 e. The van der Waals surface area contributed by atoms with Crippen molar-refractivity contribution in [2.75, 3.05) is 13.6 Å². The largest absolute Gasteiger partial charge is 0.388 e. The van der Waals surface area contributed by atoms with Crippen LogP contribution in [0.3, 0.4) is 0 Å². The molecule has 4 heteroatoms. The third kappa shape index (κ3) is 4.15. The highest BCUT2D eigenvalue weighted by Crippen LogP contribution is 2.21. The zero-order valence-electron chi connectivity index (χ0n) is 10.4. The van der Waals surface area contributed by atoms with Crippen molar-refractivity contribution in [3.05, 3.63) is 35.6 Å². The lowest BCUT2D eigenvalue weighted by atomic mass is 10.1. The summed E-state index contributed by atoms with van der Waals surface area (Å²) < 4.78 is 13.6. The van der Waals surface area contributed by atoms with Gasteiger partial charge < -0.3 is 5.73 Å². The van der Waals surface area contributed by atoms with Crippen LogP contribution in [0.2, 0.25) is 0 Å². The number of rotatable bonds is 6. The van der Waals surface area contributed by atoms with Crippen LogP contribution in [0.4, 0.5) is 4.39 Å². The van der Waals surface area contributed by atoms with Gasteiger partial charge in [-0.1, -0.05) is 18.2 Å². The van der Waals surface area contributed by atoms with Gasteiger partial charge in [-0.05, 0) is 33.0 Å². The topological polar surface area (TPSA) is 53.1 Å². The van der Waals surface area contributed by atoms with Crippen molar-refractivity contribution < 1.29 is 4.39 Å². The van der Waals surface area contributed by atoms with E-state index in [-0.39, 0.29) is 17.7 Å². The average Bonchev–Trinajstić information content (AvgIpc) is 2.28. The van der Waals surface area contributed by atoms with Gasteiger partial charge in [-0.2, -0.15) is 0 Å². The number of nitrogens with zero attached hydrogens (tertiary/aromatic N) is 1. The van der Waals surface area contributed by atoms with Gasteiger partial charge >= 0.3 is 0 Å². The second-order valence-corrected chi connectivity index (χ2v) is 4.31. The molecule has 0 heterocycles. The third-order valence-corrected chi connectivity index (χ3v) is 2.97. The van der Waals surface area contributed by atoms with E-state index in [1.807, 2.05) is 26.1 Å². The summed E-state index contributed by atoms with van der Waals surface area (Å²) in [5.74, 6) is 0.0374. The molecule has 1 rings (SSSR count). The molecular formula is C13H20FN3. The highest BCUT2D eigenvalue weighted by molar-refractivity contribution is 5.76. The molecule has 0 amide bonds. The number of amidine groups is 1. The van der Waals surface area contributed by atoms with Crippen LogP contribution in [0.5, 0.6) is 0 Å². The van der Waals surface area contributed by atoms with E-state index in [2.05, 4.69) is 4.90 Å². The SMILES string of the molecule is CC(c1ccccc1F)N(C)CCCC(=N)N. The molecule has 3 nitrogen and oxygen atoms in total. The summed E-state index contributed by atoms with van der Waals surface area (Å²) in [6, 6.07) is 6.86. The second-order valence-electron chi connectivity index (χ2n) is 4.31. The Hall–Kier alpha value is -1.42. The number of benzene rings is 1. The van der Waals surface area contributed by atoms with Gasteiger partial charge in [-0.25, -0.2) is 4.39 Å². The number of nitrogens with two attached hydrogens (primary N) is 1. The molecule has 0 saturated heterocycles. The van der Waals surface area contributed by atoms with Gasteiger partial charge in [0.25, 0.3) is 0 Å². The Labute approximate surface area is 102 Å². The maximum Gasteiger partial charge on any atom is 0.127 e. The molecule has 0 fully saturated rings. The summed E-state index contributed by atoms with van der Waals surface area (Å²) in [5, 5.41) is 7.14. The normalized spacial score (nSPS) is 12.7. The first kappa shape index (κ1) is 13.6. The molecule has 0 aliphatic heterocycles. The smallest absolute Gasteiger partial charge is 0.127 e. The summed E-state index contributed by atoms with van der Waals surface area (Å²) in [5.41, 5.74) is 6.00. The van der Waals surface area contributed by atoms with Crippen LogP contribution in [0.1, 0.15) is 31.4 Å². The molecule has 1 aromatic carbocycles. The Morgan fingerprint density at radius 1 is 1.47 bits per heavy atom. The van der Waals surface area contributed by atoms with Crippen LogP contribution in [0.15, 0.2) is 24.3 Å². The van der Waals surface area contributed by atoms with E-state index in [1.165, 1.54) is 6.07 Å². The number of hydrogen-bond acceptors (Lipinski definition) is 2. The van der Waals surface area contributed by atoms with Crippen LogP contribution < -0.4 is 5.73 Å². The van der Waals surface area contributed by atoms with E-state index in [0.29, 0.717) is 12.0 Å². The highest BCUT2D eigenvalue weighted by Gasteiger charge is 2.14. The summed E-state index contributed by atoms with van der Waals surface area (Å²) in [4.78, 5) is 2.07. The van der Waals surface area contributed by atoms with Crippen LogP contribution >= 0.6 is 0 Å². The Morgan fingerprint density at radius 2 is 2.12 bits per heavy atom. The molecule has 0 bridgehead atoms. The maximum absolute atomic E-state index is 13.6. The first-order valence-corrected chi connectivity index (χ1v) is 5.80. The molecule has 0 saturated carbocycles. The molecule has 94 valence electrons. The number of halogens is 1. The first-order chi connectivity index (χ1) is 8.02. The molecule has 0 aliphatic carbocycles. The van der Waals surface area contributed by atoms with Crippen LogP contribution in [0, 0.1) is 11.2 Å². The van der Waals surface area contributed by atoms with Gasteiger partial charge in [0.2, 0.25) is 0 Å². The summed E-state index contributed by atoms with van der Waals surface area (Å²) in [6.45, 7) is 2.78. The number of hydrogen-bond donors (Lipinski definition) is 2. The zero-order valence-corrected chi connectivity index (χ0v) is 10.4. The van der Waals surface area contributed by atoms with Crippen molar-refractivity contribution >= 4 is 5.84 Å². The highest BCUT2D eigenvalue weighted by atomic mass is 19.1. The predicted molar refractivity (Wildman–Crippen MR) is 68.6 cm³/mol. The van der Waals surface area contributed by atoms with Gasteiger partial charge in [0.1, 0.15) is 5.82 Å². The van der Waals surface area contributed by atoms with Crippen molar-refractivity contribution in [3.63, 3.8) is 0 Å². The maximum atomic E-state index is 13.6. The standard InChI is InChI=1S/C13H20FN3/c1-10(11-6-3-4-7-12(11)14)17(2)9-5-8-13(15)16/h3-4,6-7,10H,5,8-9H2,1-2H3,(H3,15,16). The second kappa shape index (κ2) is 6.35. The molecule has 1 unspecified atom stereocenters. The van der Waals surface area contributed by atoms with E-state index in [1.54, 1.807) is 6.07 Å². The number of nitrogens with one attached hydrogen (secondary N) is 1. The monoisotopic (exact) mass is 237 g/mol. The molecule has 3 N–H and O–H groups in total. The van der Waals surface area contributed by atoms with Crippen LogP contribution in [-0.2, 0) is 0 Å². The lowest BCUT2D eigenvalue weighted by Gasteiger charge is -2.25. The van der Waals surface area contributed by atoms with Crippen LogP contribution in [-0.4, -0.2) is 24.3 Å². The molecule has 0 spiro atoms. The molecule has 1 atom stereocenters. The zero-order chi connectivity index (χ0) is 12.8. The fourth-order valence-electron chi connectivity index (χ4n) is 1.76. The van der Waals surface area contributed by atoms with Crippen molar-refractivity contribution in [3.8, 4) is 0 Å². The Balaban J connectivity index is 2.55. The lowest BCUT2D eigenvalue weighted by Crippen LogP contribution is -2.25. The summed E-state index contributed by atoms with van der Waals surface area (Å²) in [6.07, 6.45) is 1.42. The van der Waals surface area contributed by atoms with E-state index in [4.69, 9.17) is 11.1 Å². The molecule has 0 radical (unpaired) electrons. The van der Waals surface area contributed by atoms with Crippen molar-refractivity contribution in [1.82, 2.24) is 4.90 Å². The Morgan fingerprint density at radius 3 is 2.71 bits per heavy atom. The van der Waals surface area contributed by atoms with E-state index >= 15 is 0 Å². The van der Waals surface area contributed by atoms with E-state index in [0.717, 1.165) is 13.0 Å². The molecule has 0 aromatic heterocycles. The molecule has 1 aromatic rings. The molecule has 0 aliphatic rings.